The molecule has 8 heteroatoms. The second kappa shape index (κ2) is 10.5. The Labute approximate surface area is 190 Å². The van der Waals surface area contributed by atoms with Crippen LogP contribution in [-0.4, -0.2) is 30.7 Å². The first-order valence-electron chi connectivity index (χ1n) is 9.78. The fraction of sp³-hybridized carbons (Fsp3) is 0.167. The number of carboxylic acids is 1. The zero-order valence-corrected chi connectivity index (χ0v) is 18.4. The number of rotatable bonds is 9. The molecule has 166 valence electrons. The second-order valence-electron chi connectivity index (χ2n) is 7.05. The highest BCUT2D eigenvalue weighted by atomic mass is 35.5. The SMILES string of the molecule is COc1cc(CNc2ccc(C(=O)O)cc2)cc(Cl)c1OCC(=O)Nc1ccc(C)cc1. The van der Waals surface area contributed by atoms with Crippen LogP contribution >= 0.6 is 11.6 Å². The second-order valence-corrected chi connectivity index (χ2v) is 7.46. The van der Waals surface area contributed by atoms with Crippen LogP contribution in [0.4, 0.5) is 11.4 Å². The standard InChI is InChI=1S/C24H23ClN2O5/c1-15-3-7-19(8-4-15)27-22(28)14-32-23-20(25)11-16(12-21(23)31-2)13-26-18-9-5-17(6-10-18)24(29)30/h3-12,26H,13-14H2,1-2H3,(H,27,28)(H,29,30). The molecule has 0 spiro atoms. The largest absolute Gasteiger partial charge is 0.493 e. The van der Waals surface area contributed by atoms with Crippen LogP contribution in [0.1, 0.15) is 21.5 Å². The summed E-state index contributed by atoms with van der Waals surface area (Å²) in [6.07, 6.45) is 0. The summed E-state index contributed by atoms with van der Waals surface area (Å²) in [5, 5.41) is 15.2. The molecule has 0 heterocycles. The highest BCUT2D eigenvalue weighted by Gasteiger charge is 2.14. The Morgan fingerprint density at radius 1 is 1.00 bits per heavy atom. The Morgan fingerprint density at radius 2 is 1.66 bits per heavy atom. The van der Waals surface area contributed by atoms with Gasteiger partial charge in [0.1, 0.15) is 0 Å². The summed E-state index contributed by atoms with van der Waals surface area (Å²) < 4.78 is 11.0. The van der Waals surface area contributed by atoms with E-state index in [2.05, 4.69) is 10.6 Å². The van der Waals surface area contributed by atoms with Crippen molar-refractivity contribution in [3.63, 3.8) is 0 Å². The van der Waals surface area contributed by atoms with Gasteiger partial charge in [0.05, 0.1) is 17.7 Å². The third-order valence-electron chi connectivity index (χ3n) is 4.60. The van der Waals surface area contributed by atoms with E-state index in [1.807, 2.05) is 31.2 Å². The van der Waals surface area contributed by atoms with Crippen molar-refractivity contribution in [2.75, 3.05) is 24.4 Å². The molecule has 0 aliphatic heterocycles. The number of hydrogen-bond acceptors (Lipinski definition) is 5. The van der Waals surface area contributed by atoms with Gasteiger partial charge in [-0.1, -0.05) is 29.3 Å². The minimum Gasteiger partial charge on any atom is -0.493 e. The fourth-order valence-corrected chi connectivity index (χ4v) is 3.21. The lowest BCUT2D eigenvalue weighted by molar-refractivity contribution is -0.118. The molecule has 0 fully saturated rings. The van der Waals surface area contributed by atoms with Gasteiger partial charge >= 0.3 is 5.97 Å². The van der Waals surface area contributed by atoms with E-state index in [1.165, 1.54) is 19.2 Å². The van der Waals surface area contributed by atoms with Crippen LogP contribution in [0.25, 0.3) is 0 Å². The third kappa shape index (κ3) is 6.15. The van der Waals surface area contributed by atoms with E-state index in [-0.39, 0.29) is 23.8 Å². The van der Waals surface area contributed by atoms with Crippen molar-refractivity contribution in [3.05, 3.63) is 82.4 Å². The first kappa shape index (κ1) is 23.0. The number of nitrogens with one attached hydrogen (secondary N) is 2. The van der Waals surface area contributed by atoms with Crippen molar-refractivity contribution in [3.8, 4) is 11.5 Å². The van der Waals surface area contributed by atoms with E-state index in [0.29, 0.717) is 23.0 Å². The lowest BCUT2D eigenvalue weighted by Crippen LogP contribution is -2.20. The van der Waals surface area contributed by atoms with Crippen LogP contribution < -0.4 is 20.1 Å². The Balaban J connectivity index is 1.61. The molecule has 1 amide bonds. The number of carbonyl (C=O) groups is 2. The summed E-state index contributed by atoms with van der Waals surface area (Å²) in [6, 6.07) is 17.4. The van der Waals surface area contributed by atoms with Crippen LogP contribution in [0, 0.1) is 6.92 Å². The maximum atomic E-state index is 12.2. The summed E-state index contributed by atoms with van der Waals surface area (Å²) in [6.45, 7) is 2.17. The zero-order valence-electron chi connectivity index (χ0n) is 17.6. The monoisotopic (exact) mass is 454 g/mol. The molecule has 0 radical (unpaired) electrons. The van der Waals surface area contributed by atoms with Gasteiger partial charge in [-0.15, -0.1) is 0 Å². The highest BCUT2D eigenvalue weighted by Crippen LogP contribution is 2.36. The number of carboxylic acid groups (broad SMARTS) is 1. The Hall–Kier alpha value is -3.71. The molecule has 0 bridgehead atoms. The predicted octanol–water partition coefficient (Wildman–Crippen LogP) is 4.98. The van der Waals surface area contributed by atoms with Crippen molar-refractivity contribution in [1.29, 1.82) is 0 Å². The van der Waals surface area contributed by atoms with Crippen LogP contribution in [0.3, 0.4) is 0 Å². The Morgan fingerprint density at radius 3 is 2.28 bits per heavy atom. The molecule has 0 unspecified atom stereocenters. The molecule has 3 rings (SSSR count). The summed E-state index contributed by atoms with van der Waals surface area (Å²) in [5.74, 6) is -0.611. The van der Waals surface area contributed by atoms with E-state index < -0.39 is 5.97 Å². The number of carbonyl (C=O) groups excluding carboxylic acids is 1. The van der Waals surface area contributed by atoms with Gasteiger partial charge in [0.25, 0.3) is 5.91 Å². The maximum Gasteiger partial charge on any atom is 0.335 e. The molecule has 3 N–H and O–H groups in total. The van der Waals surface area contributed by atoms with Gasteiger partial charge in [0, 0.05) is 17.9 Å². The first-order valence-corrected chi connectivity index (χ1v) is 10.2. The minimum atomic E-state index is -0.976. The summed E-state index contributed by atoms with van der Waals surface area (Å²) in [7, 11) is 1.49. The molecular weight excluding hydrogens is 432 g/mol. The molecule has 3 aromatic rings. The molecular formula is C24H23ClN2O5. The number of hydrogen-bond donors (Lipinski definition) is 3. The number of halogens is 1. The molecule has 32 heavy (non-hydrogen) atoms. The maximum absolute atomic E-state index is 12.2. The molecule has 3 aromatic carbocycles. The van der Waals surface area contributed by atoms with Crippen molar-refractivity contribution in [2.24, 2.45) is 0 Å². The van der Waals surface area contributed by atoms with Gasteiger partial charge in [-0.2, -0.15) is 0 Å². The molecule has 0 saturated heterocycles. The number of methoxy groups -OCH3 is 1. The third-order valence-corrected chi connectivity index (χ3v) is 4.88. The molecule has 0 atom stereocenters. The van der Waals surface area contributed by atoms with E-state index in [9.17, 15) is 9.59 Å². The molecule has 0 aromatic heterocycles. The summed E-state index contributed by atoms with van der Waals surface area (Å²) >= 11 is 6.38. The zero-order chi connectivity index (χ0) is 23.1. The first-order chi connectivity index (χ1) is 15.4. The number of ether oxygens (including phenoxy) is 2. The van der Waals surface area contributed by atoms with Crippen molar-refractivity contribution >= 4 is 34.9 Å². The quantitative estimate of drug-likeness (QED) is 0.421. The Kier molecular flexibility index (Phi) is 7.57. The molecule has 0 saturated carbocycles. The Bertz CT molecular complexity index is 1100. The average Bonchev–Trinajstić information content (AvgIpc) is 2.78. The van der Waals surface area contributed by atoms with Gasteiger partial charge in [0.15, 0.2) is 18.1 Å². The normalized spacial score (nSPS) is 10.3. The van der Waals surface area contributed by atoms with Crippen LogP contribution in [-0.2, 0) is 11.3 Å². The number of aryl methyl sites for hydroxylation is 1. The van der Waals surface area contributed by atoms with Gasteiger partial charge < -0.3 is 25.2 Å². The van der Waals surface area contributed by atoms with E-state index >= 15 is 0 Å². The van der Waals surface area contributed by atoms with Crippen molar-refractivity contribution < 1.29 is 24.2 Å². The van der Waals surface area contributed by atoms with Gasteiger partial charge in [-0.25, -0.2) is 4.79 Å². The number of anilines is 2. The number of aromatic carboxylic acids is 1. The van der Waals surface area contributed by atoms with E-state index in [0.717, 1.165) is 16.8 Å². The van der Waals surface area contributed by atoms with Gasteiger partial charge in [-0.05, 0) is 61.0 Å². The molecule has 0 aliphatic rings. The van der Waals surface area contributed by atoms with Gasteiger partial charge in [0.2, 0.25) is 0 Å². The molecule has 7 nitrogen and oxygen atoms in total. The lowest BCUT2D eigenvalue weighted by Gasteiger charge is -2.15. The van der Waals surface area contributed by atoms with E-state index in [4.69, 9.17) is 26.2 Å². The van der Waals surface area contributed by atoms with Gasteiger partial charge in [-0.3, -0.25) is 4.79 Å². The number of amides is 1. The highest BCUT2D eigenvalue weighted by molar-refractivity contribution is 6.32. The van der Waals surface area contributed by atoms with Crippen molar-refractivity contribution in [1.82, 2.24) is 0 Å². The van der Waals surface area contributed by atoms with Crippen molar-refractivity contribution in [2.45, 2.75) is 13.5 Å². The van der Waals surface area contributed by atoms with Crippen LogP contribution in [0.15, 0.2) is 60.7 Å². The van der Waals surface area contributed by atoms with E-state index in [1.54, 1.807) is 24.3 Å². The fourth-order valence-electron chi connectivity index (χ4n) is 2.92. The number of benzene rings is 3. The topological polar surface area (TPSA) is 96.9 Å². The van der Waals surface area contributed by atoms with Crippen LogP contribution in [0.2, 0.25) is 5.02 Å². The summed E-state index contributed by atoms with van der Waals surface area (Å²) in [5.41, 5.74) is 3.58. The van der Waals surface area contributed by atoms with Crippen LogP contribution in [0.5, 0.6) is 11.5 Å². The lowest BCUT2D eigenvalue weighted by atomic mass is 10.1. The summed E-state index contributed by atoms with van der Waals surface area (Å²) in [4.78, 5) is 23.2. The smallest absolute Gasteiger partial charge is 0.335 e. The minimum absolute atomic E-state index is 0.216. The molecule has 0 aliphatic carbocycles. The predicted molar refractivity (Wildman–Crippen MR) is 124 cm³/mol. The average molecular weight is 455 g/mol.